The predicted molar refractivity (Wildman–Crippen MR) is 32.7 cm³/mol. The number of nitrogens with two attached hydrogens (primary N) is 1. The fraction of sp³-hybridized carbons (Fsp3) is 1.00. The summed E-state index contributed by atoms with van der Waals surface area (Å²) < 4.78 is 0. The van der Waals surface area contributed by atoms with Gasteiger partial charge in [0.25, 0.3) is 5.09 Å². The van der Waals surface area contributed by atoms with E-state index in [2.05, 4.69) is 6.92 Å². The van der Waals surface area contributed by atoms with Crippen LogP contribution in [0.15, 0.2) is 0 Å². The van der Waals surface area contributed by atoms with E-state index in [1.165, 1.54) is 12.8 Å². The summed E-state index contributed by atoms with van der Waals surface area (Å²) in [4.78, 5) is 8.36. The molecule has 0 aliphatic heterocycles. The van der Waals surface area contributed by atoms with E-state index in [1.807, 2.05) is 0 Å². The van der Waals surface area contributed by atoms with Gasteiger partial charge in [-0.05, 0) is 13.0 Å². The van der Waals surface area contributed by atoms with Gasteiger partial charge >= 0.3 is 0 Å². The standard InChI is InChI=1S/C4H11N.HNO3/c1-2-3-4-5;2-1(3)4/h2-5H2,1H3;(H,2,3,4). The highest BCUT2D eigenvalue weighted by molar-refractivity contribution is 4.29. The SMILES string of the molecule is CCCCN.O=[N+]([O-])O. The Hall–Kier alpha value is -0.840. The number of nitrogens with zero attached hydrogens (tertiary/aromatic N) is 1. The quantitative estimate of drug-likeness (QED) is 0.424. The van der Waals surface area contributed by atoms with Gasteiger partial charge in [-0.2, -0.15) is 0 Å². The second kappa shape index (κ2) is 10.2. The summed E-state index contributed by atoms with van der Waals surface area (Å²) in [6.07, 6.45) is 2.39. The third kappa shape index (κ3) is 142. The Morgan fingerprint density at radius 2 is 2.11 bits per heavy atom. The minimum Gasteiger partial charge on any atom is -0.330 e. The molecule has 9 heavy (non-hydrogen) atoms. The Morgan fingerprint density at radius 3 is 2.11 bits per heavy atom. The van der Waals surface area contributed by atoms with Crippen LogP contribution in [0.2, 0.25) is 0 Å². The first-order chi connectivity index (χ1) is 4.15. The molecule has 0 spiro atoms. The third-order valence-corrected chi connectivity index (χ3v) is 0.558. The summed E-state index contributed by atoms with van der Waals surface area (Å²) >= 11 is 0. The molecular weight excluding hydrogens is 124 g/mol. The van der Waals surface area contributed by atoms with E-state index < -0.39 is 5.09 Å². The van der Waals surface area contributed by atoms with E-state index in [1.54, 1.807) is 0 Å². The summed E-state index contributed by atoms with van der Waals surface area (Å²) in [5.41, 5.74) is 5.14. The lowest BCUT2D eigenvalue weighted by molar-refractivity contribution is -0.742. The molecule has 0 aromatic heterocycles. The van der Waals surface area contributed by atoms with Crippen LogP contribution in [0.3, 0.4) is 0 Å². The number of rotatable bonds is 2. The van der Waals surface area contributed by atoms with Gasteiger partial charge < -0.3 is 10.9 Å². The highest BCUT2D eigenvalue weighted by atomic mass is 16.9. The summed E-state index contributed by atoms with van der Waals surface area (Å²) in [6, 6.07) is 0. The van der Waals surface area contributed by atoms with Crippen LogP contribution in [-0.2, 0) is 0 Å². The van der Waals surface area contributed by atoms with Crippen molar-refractivity contribution in [2.24, 2.45) is 5.73 Å². The Morgan fingerprint density at radius 1 is 1.78 bits per heavy atom. The minimum absolute atomic E-state index is 0.844. The maximum absolute atomic E-state index is 8.36. The van der Waals surface area contributed by atoms with E-state index in [9.17, 15) is 0 Å². The zero-order valence-electron chi connectivity index (χ0n) is 5.41. The molecule has 0 aromatic carbocycles. The Kier molecular flexibility index (Phi) is 12.5. The number of hydrogen-bond donors (Lipinski definition) is 2. The van der Waals surface area contributed by atoms with Crippen molar-refractivity contribution >= 4 is 0 Å². The van der Waals surface area contributed by atoms with Gasteiger partial charge in [0.1, 0.15) is 0 Å². The molecule has 0 rings (SSSR count). The molecule has 0 heterocycles. The van der Waals surface area contributed by atoms with Crippen LogP contribution < -0.4 is 5.73 Å². The molecule has 0 fully saturated rings. The molecule has 0 saturated heterocycles. The van der Waals surface area contributed by atoms with E-state index in [0.29, 0.717) is 0 Å². The van der Waals surface area contributed by atoms with E-state index in [4.69, 9.17) is 21.1 Å². The van der Waals surface area contributed by atoms with Crippen molar-refractivity contribution < 1.29 is 10.3 Å². The molecule has 0 unspecified atom stereocenters. The first-order valence-corrected chi connectivity index (χ1v) is 2.68. The average Bonchev–Trinajstić information content (AvgIpc) is 1.66. The first kappa shape index (κ1) is 11.0. The van der Waals surface area contributed by atoms with Crippen LogP contribution in [0, 0.1) is 10.1 Å². The molecular formula is C4H12N2O3. The van der Waals surface area contributed by atoms with E-state index >= 15 is 0 Å². The molecule has 0 aromatic rings. The van der Waals surface area contributed by atoms with Crippen LogP contribution in [0.4, 0.5) is 0 Å². The van der Waals surface area contributed by atoms with Gasteiger partial charge in [-0.1, -0.05) is 13.3 Å². The molecule has 0 aliphatic carbocycles. The molecule has 0 radical (unpaired) electrons. The summed E-state index contributed by atoms with van der Waals surface area (Å²) in [7, 11) is 0. The van der Waals surface area contributed by atoms with Gasteiger partial charge in [0, 0.05) is 0 Å². The molecule has 0 saturated carbocycles. The smallest absolute Gasteiger partial charge is 0.291 e. The summed E-state index contributed by atoms with van der Waals surface area (Å²) in [6.45, 7) is 2.98. The van der Waals surface area contributed by atoms with Gasteiger partial charge in [0.15, 0.2) is 0 Å². The molecule has 0 amide bonds. The predicted octanol–water partition coefficient (Wildman–Crippen LogP) is 0.398. The summed E-state index contributed by atoms with van der Waals surface area (Å²) in [5, 5.41) is 13.6. The third-order valence-electron chi connectivity index (χ3n) is 0.558. The molecule has 5 heteroatoms. The van der Waals surface area contributed by atoms with Crippen LogP contribution in [0.1, 0.15) is 19.8 Å². The highest BCUT2D eigenvalue weighted by Crippen LogP contribution is 1.77. The van der Waals surface area contributed by atoms with Crippen LogP contribution >= 0.6 is 0 Å². The van der Waals surface area contributed by atoms with Crippen molar-refractivity contribution in [2.45, 2.75) is 19.8 Å². The largest absolute Gasteiger partial charge is 0.330 e. The average molecular weight is 136 g/mol. The zero-order chi connectivity index (χ0) is 7.70. The van der Waals surface area contributed by atoms with Crippen molar-refractivity contribution in [1.82, 2.24) is 0 Å². The van der Waals surface area contributed by atoms with Gasteiger partial charge in [-0.3, -0.25) is 0 Å². The van der Waals surface area contributed by atoms with Crippen LogP contribution in [0.25, 0.3) is 0 Å². The summed E-state index contributed by atoms with van der Waals surface area (Å²) in [5.74, 6) is 0. The molecule has 0 atom stereocenters. The van der Waals surface area contributed by atoms with Crippen molar-refractivity contribution in [3.63, 3.8) is 0 Å². The lowest BCUT2D eigenvalue weighted by Crippen LogP contribution is -1.95. The van der Waals surface area contributed by atoms with Gasteiger partial charge in [-0.25, -0.2) is 0 Å². The van der Waals surface area contributed by atoms with Crippen LogP contribution in [0.5, 0.6) is 0 Å². The Labute approximate surface area is 53.6 Å². The Bertz CT molecular complexity index is 60.8. The maximum atomic E-state index is 8.36. The fourth-order valence-electron chi connectivity index (χ4n) is 0.204. The highest BCUT2D eigenvalue weighted by Gasteiger charge is 1.68. The molecule has 0 bridgehead atoms. The van der Waals surface area contributed by atoms with Crippen molar-refractivity contribution in [1.29, 1.82) is 0 Å². The fourth-order valence-corrected chi connectivity index (χ4v) is 0.204. The lowest BCUT2D eigenvalue weighted by Gasteiger charge is -1.80. The number of unbranched alkanes of at least 4 members (excludes halogenated alkanes) is 1. The van der Waals surface area contributed by atoms with Crippen molar-refractivity contribution in [2.75, 3.05) is 6.54 Å². The zero-order valence-corrected chi connectivity index (χ0v) is 5.41. The molecule has 0 aliphatic rings. The Balaban J connectivity index is 0. The van der Waals surface area contributed by atoms with Crippen molar-refractivity contribution in [3.8, 4) is 0 Å². The second-order valence-electron chi connectivity index (χ2n) is 1.38. The normalized spacial score (nSPS) is 7.33. The van der Waals surface area contributed by atoms with E-state index in [-0.39, 0.29) is 0 Å². The van der Waals surface area contributed by atoms with Gasteiger partial charge in [-0.15, -0.1) is 10.1 Å². The monoisotopic (exact) mass is 136 g/mol. The van der Waals surface area contributed by atoms with Gasteiger partial charge in [0.2, 0.25) is 0 Å². The molecule has 3 N–H and O–H groups in total. The van der Waals surface area contributed by atoms with E-state index in [0.717, 1.165) is 6.54 Å². The molecule has 5 nitrogen and oxygen atoms in total. The van der Waals surface area contributed by atoms with Gasteiger partial charge in [0.05, 0.1) is 0 Å². The topological polar surface area (TPSA) is 89.4 Å². The van der Waals surface area contributed by atoms with Crippen molar-refractivity contribution in [3.05, 3.63) is 10.1 Å². The number of hydrogen-bond acceptors (Lipinski definition) is 3. The molecule has 56 valence electrons. The maximum Gasteiger partial charge on any atom is 0.291 e. The minimum atomic E-state index is -1.50. The van der Waals surface area contributed by atoms with Crippen LogP contribution in [-0.4, -0.2) is 16.8 Å². The second-order valence-corrected chi connectivity index (χ2v) is 1.38. The first-order valence-electron chi connectivity index (χ1n) is 2.68. The lowest BCUT2D eigenvalue weighted by atomic mass is 10.3.